The first-order valence-electron chi connectivity index (χ1n) is 10.0. The lowest BCUT2D eigenvalue weighted by Crippen LogP contribution is -2.36. The third-order valence-electron chi connectivity index (χ3n) is 5.68. The van der Waals surface area contributed by atoms with Crippen LogP contribution in [0.1, 0.15) is 97.3 Å². The number of carbonyl (C=O) groups is 1. The number of rotatable bonds is 14. The fourth-order valence-corrected chi connectivity index (χ4v) is 5.03. The van der Waals surface area contributed by atoms with Gasteiger partial charge in [-0.15, -0.1) is 0 Å². The lowest BCUT2D eigenvalue weighted by atomic mass is 9.68. The third-order valence-corrected chi connectivity index (χ3v) is 7.38. The molecule has 1 fully saturated rings. The molecule has 0 unspecified atom stereocenters. The van der Waals surface area contributed by atoms with Crippen LogP contribution in [-0.2, 0) is 18.5 Å². The summed E-state index contributed by atoms with van der Waals surface area (Å²) in [5, 5.41) is 0. The summed E-state index contributed by atoms with van der Waals surface area (Å²) in [6.07, 6.45) is 12.7. The minimum atomic E-state index is -3.53. The standard InChI is InChI=1S/C19H36O4S2/c1-3-5-13-19(14-6-4-2,18(20)17-11-7-8-12-17)15-9-10-16-25(21,22)23-24/h17,24H,3-16H2,1-2H3. The highest BCUT2D eigenvalue weighted by atomic mass is 32.3. The molecule has 0 atom stereocenters. The van der Waals surface area contributed by atoms with Crippen LogP contribution in [0.3, 0.4) is 0 Å². The van der Waals surface area contributed by atoms with Crippen molar-refractivity contribution in [3.63, 3.8) is 0 Å². The van der Waals surface area contributed by atoms with Crippen molar-refractivity contribution >= 4 is 28.8 Å². The molecule has 25 heavy (non-hydrogen) atoms. The van der Waals surface area contributed by atoms with Gasteiger partial charge in [0.1, 0.15) is 5.78 Å². The van der Waals surface area contributed by atoms with Gasteiger partial charge in [0.25, 0.3) is 10.1 Å². The predicted molar refractivity (Wildman–Crippen MR) is 106 cm³/mol. The van der Waals surface area contributed by atoms with Gasteiger partial charge in [0, 0.05) is 11.3 Å². The first-order chi connectivity index (χ1) is 11.9. The molecule has 0 amide bonds. The van der Waals surface area contributed by atoms with Crippen LogP contribution < -0.4 is 0 Å². The fraction of sp³-hybridized carbons (Fsp3) is 0.947. The van der Waals surface area contributed by atoms with E-state index >= 15 is 0 Å². The number of ketones is 1. The highest BCUT2D eigenvalue weighted by Crippen LogP contribution is 2.43. The monoisotopic (exact) mass is 392 g/mol. The van der Waals surface area contributed by atoms with Gasteiger partial charge in [-0.05, 0) is 51.4 Å². The van der Waals surface area contributed by atoms with Crippen LogP contribution in [0.15, 0.2) is 0 Å². The molecular formula is C19H36O4S2. The van der Waals surface area contributed by atoms with Crippen LogP contribution in [0.25, 0.3) is 0 Å². The van der Waals surface area contributed by atoms with E-state index in [4.69, 9.17) is 0 Å². The van der Waals surface area contributed by atoms with E-state index in [1.54, 1.807) is 0 Å². The molecule has 0 heterocycles. The molecule has 1 aliphatic carbocycles. The maximum atomic E-state index is 13.4. The Morgan fingerprint density at radius 1 is 1.00 bits per heavy atom. The van der Waals surface area contributed by atoms with E-state index in [1.807, 2.05) is 0 Å². The Morgan fingerprint density at radius 3 is 2.00 bits per heavy atom. The van der Waals surface area contributed by atoms with Crippen molar-refractivity contribution in [3.05, 3.63) is 0 Å². The lowest BCUT2D eigenvalue weighted by molar-refractivity contribution is -0.134. The zero-order chi connectivity index (χ0) is 18.8. The molecule has 0 aromatic heterocycles. The van der Waals surface area contributed by atoms with Crippen molar-refractivity contribution in [3.8, 4) is 0 Å². The Morgan fingerprint density at radius 2 is 1.52 bits per heavy atom. The molecule has 0 aliphatic heterocycles. The summed E-state index contributed by atoms with van der Waals surface area (Å²) in [5.41, 5.74) is -0.243. The summed E-state index contributed by atoms with van der Waals surface area (Å²) < 4.78 is 27.1. The minimum Gasteiger partial charge on any atom is -0.299 e. The van der Waals surface area contributed by atoms with Crippen LogP contribution in [-0.4, -0.2) is 20.0 Å². The minimum absolute atomic E-state index is 0.0221. The molecule has 0 saturated heterocycles. The van der Waals surface area contributed by atoms with Crippen molar-refractivity contribution in [1.29, 1.82) is 0 Å². The Labute approximate surface area is 160 Å². The maximum absolute atomic E-state index is 13.4. The Balaban J connectivity index is 2.80. The maximum Gasteiger partial charge on any atom is 0.277 e. The number of hydrogen-bond donors (Lipinski definition) is 1. The number of thiol groups is 1. The zero-order valence-electron chi connectivity index (χ0n) is 16.0. The fourth-order valence-electron chi connectivity index (χ4n) is 4.18. The topological polar surface area (TPSA) is 60.4 Å². The van der Waals surface area contributed by atoms with Crippen LogP contribution in [0, 0.1) is 11.3 Å². The highest BCUT2D eigenvalue weighted by molar-refractivity contribution is 7.95. The first-order valence-corrected chi connectivity index (χ1v) is 11.9. The van der Waals surface area contributed by atoms with Crippen LogP contribution in [0.4, 0.5) is 0 Å². The molecule has 0 radical (unpaired) electrons. The van der Waals surface area contributed by atoms with E-state index in [2.05, 4.69) is 30.4 Å². The van der Waals surface area contributed by atoms with Gasteiger partial charge < -0.3 is 0 Å². The summed E-state index contributed by atoms with van der Waals surface area (Å²) in [6, 6.07) is 0. The van der Waals surface area contributed by atoms with Crippen molar-refractivity contribution in [1.82, 2.24) is 0 Å². The molecular weight excluding hydrogens is 356 g/mol. The zero-order valence-corrected chi connectivity index (χ0v) is 17.7. The van der Waals surface area contributed by atoms with E-state index in [9.17, 15) is 13.2 Å². The van der Waals surface area contributed by atoms with Crippen molar-refractivity contribution in [2.45, 2.75) is 97.3 Å². The Kier molecular flexibility index (Phi) is 10.7. The molecule has 6 heteroatoms. The van der Waals surface area contributed by atoms with Gasteiger partial charge in [-0.25, -0.2) is 3.63 Å². The van der Waals surface area contributed by atoms with Gasteiger partial charge >= 0.3 is 0 Å². The molecule has 4 nitrogen and oxygen atoms in total. The van der Waals surface area contributed by atoms with E-state index < -0.39 is 10.1 Å². The van der Waals surface area contributed by atoms with Crippen molar-refractivity contribution in [2.24, 2.45) is 11.3 Å². The smallest absolute Gasteiger partial charge is 0.277 e. The van der Waals surface area contributed by atoms with Gasteiger partial charge in [-0.3, -0.25) is 4.79 Å². The lowest BCUT2D eigenvalue weighted by Gasteiger charge is -2.35. The second kappa shape index (κ2) is 11.6. The first kappa shape index (κ1) is 23.0. The predicted octanol–water partition coefficient (Wildman–Crippen LogP) is 5.47. The summed E-state index contributed by atoms with van der Waals surface area (Å²) in [7, 11) is -3.53. The van der Waals surface area contributed by atoms with E-state index in [0.29, 0.717) is 12.2 Å². The number of Topliss-reactive ketones (excluding diaryl/α,β-unsaturated/α-hetero) is 1. The molecule has 1 saturated carbocycles. The highest BCUT2D eigenvalue weighted by Gasteiger charge is 2.40. The molecule has 0 bridgehead atoms. The molecule has 0 aromatic carbocycles. The average Bonchev–Trinajstić information content (AvgIpc) is 3.14. The average molecular weight is 393 g/mol. The van der Waals surface area contributed by atoms with Crippen LogP contribution in [0.5, 0.6) is 0 Å². The largest absolute Gasteiger partial charge is 0.299 e. The van der Waals surface area contributed by atoms with Gasteiger partial charge in [-0.2, -0.15) is 8.42 Å². The SMILES string of the molecule is CCCCC(CCCC)(CCCCS(=O)(=O)OS)C(=O)C1CCCC1. The second-order valence-electron chi connectivity index (χ2n) is 7.63. The molecule has 1 rings (SSSR count). The number of hydrogen-bond acceptors (Lipinski definition) is 5. The molecule has 0 spiro atoms. The van der Waals surface area contributed by atoms with Gasteiger partial charge in [0.05, 0.1) is 5.75 Å². The normalized spacial score (nSPS) is 16.4. The third kappa shape index (κ3) is 7.59. The van der Waals surface area contributed by atoms with Crippen LogP contribution in [0.2, 0.25) is 0 Å². The second-order valence-corrected chi connectivity index (χ2v) is 9.75. The van der Waals surface area contributed by atoms with E-state index in [0.717, 1.165) is 64.2 Å². The number of unbranched alkanes of at least 4 members (excludes halogenated alkanes) is 3. The quantitative estimate of drug-likeness (QED) is 0.242. The number of carbonyl (C=O) groups excluding carboxylic acids is 1. The Bertz CT molecular complexity index is 474. The summed E-state index contributed by atoms with van der Waals surface area (Å²) in [6.45, 7) is 4.34. The van der Waals surface area contributed by atoms with E-state index in [-0.39, 0.29) is 17.1 Å². The molecule has 0 aromatic rings. The van der Waals surface area contributed by atoms with Crippen molar-refractivity contribution in [2.75, 3.05) is 5.75 Å². The molecule has 148 valence electrons. The molecule has 1 aliphatic rings. The van der Waals surface area contributed by atoms with Gasteiger partial charge in [0.2, 0.25) is 0 Å². The Hall–Kier alpha value is -0.0700. The van der Waals surface area contributed by atoms with Crippen LogP contribution >= 0.6 is 12.9 Å². The molecule has 0 N–H and O–H groups in total. The summed E-state index contributed by atoms with van der Waals surface area (Å²) >= 11 is 3.40. The van der Waals surface area contributed by atoms with E-state index in [1.165, 1.54) is 12.8 Å². The van der Waals surface area contributed by atoms with Gasteiger partial charge in [-0.1, -0.05) is 58.8 Å². The summed E-state index contributed by atoms with van der Waals surface area (Å²) in [4.78, 5) is 13.4. The van der Waals surface area contributed by atoms with Gasteiger partial charge in [0.15, 0.2) is 0 Å². The summed E-state index contributed by atoms with van der Waals surface area (Å²) in [5.74, 6) is 0.685. The van der Waals surface area contributed by atoms with Crippen molar-refractivity contribution < 1.29 is 16.8 Å².